The Morgan fingerprint density at radius 1 is 1.00 bits per heavy atom. The smallest absolute Gasteiger partial charge is 0.250 e. The second kappa shape index (κ2) is 7.92. The molecule has 0 amide bonds. The molecule has 0 unspecified atom stereocenters. The molecule has 6 heteroatoms. The van der Waals surface area contributed by atoms with Gasteiger partial charge in [0.2, 0.25) is 8.32 Å². The van der Waals surface area contributed by atoms with Crippen molar-refractivity contribution in [1.29, 1.82) is 0 Å². The molecule has 1 aliphatic heterocycles. The van der Waals surface area contributed by atoms with Gasteiger partial charge in [-0.3, -0.25) is 4.79 Å². The summed E-state index contributed by atoms with van der Waals surface area (Å²) >= 11 is 0. The van der Waals surface area contributed by atoms with Gasteiger partial charge in [-0.15, -0.1) is 0 Å². The van der Waals surface area contributed by atoms with Gasteiger partial charge in [-0.1, -0.05) is 20.8 Å². The predicted octanol–water partition coefficient (Wildman–Crippen LogP) is 6.68. The average molecular weight is 449 g/mol. The lowest BCUT2D eigenvalue weighted by molar-refractivity contribution is 0.493. The topological polar surface area (TPSA) is 55.6 Å². The summed E-state index contributed by atoms with van der Waals surface area (Å²) in [4.78, 5) is 20.0. The van der Waals surface area contributed by atoms with Crippen LogP contribution in [0.2, 0.25) is 18.1 Å². The van der Waals surface area contributed by atoms with Crippen molar-refractivity contribution in [2.24, 2.45) is 0 Å². The van der Waals surface area contributed by atoms with E-state index in [0.717, 1.165) is 35.4 Å². The Morgan fingerprint density at radius 2 is 1.72 bits per heavy atom. The number of rotatable bonds is 5. The summed E-state index contributed by atoms with van der Waals surface area (Å²) < 4.78 is 12.7. The van der Waals surface area contributed by atoms with Crippen LogP contribution in [0.3, 0.4) is 0 Å². The van der Waals surface area contributed by atoms with Gasteiger partial charge >= 0.3 is 0 Å². The highest BCUT2D eigenvalue weighted by Crippen LogP contribution is 2.39. The molecule has 2 aromatic rings. The van der Waals surface area contributed by atoms with Crippen LogP contribution in [-0.4, -0.2) is 26.4 Å². The fraction of sp³-hybridized carbons (Fsp3) is 0.385. The molecule has 0 saturated heterocycles. The molecule has 0 bridgehead atoms. The Hall–Kier alpha value is -2.86. The van der Waals surface area contributed by atoms with Crippen molar-refractivity contribution in [3.8, 4) is 17.2 Å². The minimum absolute atomic E-state index is 0.0730. The molecule has 5 nitrogen and oxygen atoms in total. The highest BCUT2D eigenvalue weighted by atomic mass is 28.4. The van der Waals surface area contributed by atoms with E-state index < -0.39 is 8.32 Å². The summed E-state index contributed by atoms with van der Waals surface area (Å²) in [5.41, 5.74) is 3.14. The zero-order valence-corrected chi connectivity index (χ0v) is 21.1. The molecule has 0 radical (unpaired) electrons. The van der Waals surface area contributed by atoms with Crippen LogP contribution < -0.4 is 14.8 Å². The van der Waals surface area contributed by atoms with E-state index >= 15 is 0 Å². The van der Waals surface area contributed by atoms with Gasteiger partial charge in [-0.25, -0.2) is 4.98 Å². The number of fused-ring (bicyclic) bond motifs is 4. The highest BCUT2D eigenvalue weighted by Gasteiger charge is 2.39. The molecule has 1 heterocycles. The van der Waals surface area contributed by atoms with Crippen molar-refractivity contribution in [1.82, 2.24) is 4.98 Å². The molecule has 4 rings (SSSR count). The summed E-state index contributed by atoms with van der Waals surface area (Å²) in [5.74, 6) is 1.27. The lowest BCUT2D eigenvalue weighted by Crippen LogP contribution is -2.43. The second-order valence-corrected chi connectivity index (χ2v) is 14.6. The SMILES string of the molecule is CCN(CC)c1ccc2nc3c4cc(O[Si](C)(C)C(C)(C)C)ccc4c(=O)cc-3oc2c1. The van der Waals surface area contributed by atoms with Crippen LogP contribution in [0.15, 0.2) is 51.7 Å². The fourth-order valence-electron chi connectivity index (χ4n) is 3.74. The molecule has 0 atom stereocenters. The van der Waals surface area contributed by atoms with E-state index in [0.29, 0.717) is 22.4 Å². The summed E-state index contributed by atoms with van der Waals surface area (Å²) in [6, 6.07) is 13.3. The van der Waals surface area contributed by atoms with Gasteiger partial charge in [0.1, 0.15) is 17.0 Å². The zero-order valence-electron chi connectivity index (χ0n) is 20.1. The molecule has 2 aromatic carbocycles. The molecular formula is C26H32N2O3Si. The van der Waals surface area contributed by atoms with Gasteiger partial charge in [-0.05, 0) is 62.3 Å². The number of aromatic nitrogens is 1. The van der Waals surface area contributed by atoms with E-state index in [4.69, 9.17) is 13.8 Å². The van der Waals surface area contributed by atoms with Gasteiger partial charge in [0.05, 0.1) is 0 Å². The minimum Gasteiger partial charge on any atom is -0.543 e. The van der Waals surface area contributed by atoms with Crippen LogP contribution >= 0.6 is 0 Å². The Morgan fingerprint density at radius 3 is 2.38 bits per heavy atom. The quantitative estimate of drug-likeness (QED) is 0.194. The third kappa shape index (κ3) is 3.88. The first-order valence-electron chi connectivity index (χ1n) is 11.3. The Balaban J connectivity index is 1.89. The first-order chi connectivity index (χ1) is 15.0. The number of benzene rings is 3. The van der Waals surface area contributed by atoms with E-state index in [1.54, 1.807) is 6.07 Å². The molecule has 0 fully saturated rings. The Labute approximate surface area is 190 Å². The molecule has 32 heavy (non-hydrogen) atoms. The van der Waals surface area contributed by atoms with Crippen LogP contribution in [0, 0.1) is 0 Å². The molecular weight excluding hydrogens is 416 g/mol. The van der Waals surface area contributed by atoms with Crippen LogP contribution in [0.5, 0.6) is 5.75 Å². The number of hydrogen-bond donors (Lipinski definition) is 0. The largest absolute Gasteiger partial charge is 0.543 e. The maximum atomic E-state index is 12.8. The van der Waals surface area contributed by atoms with Gasteiger partial charge in [0.15, 0.2) is 16.8 Å². The molecule has 1 aliphatic carbocycles. The van der Waals surface area contributed by atoms with Gasteiger partial charge in [0, 0.05) is 41.7 Å². The molecule has 168 valence electrons. The Kier molecular flexibility index (Phi) is 5.53. The van der Waals surface area contributed by atoms with Crippen LogP contribution in [0.1, 0.15) is 34.6 Å². The van der Waals surface area contributed by atoms with Crippen molar-refractivity contribution in [2.75, 3.05) is 18.0 Å². The lowest BCUT2D eigenvalue weighted by Gasteiger charge is -2.36. The van der Waals surface area contributed by atoms with Crippen molar-refractivity contribution in [3.05, 3.63) is 52.7 Å². The van der Waals surface area contributed by atoms with Crippen molar-refractivity contribution in [3.63, 3.8) is 0 Å². The minimum atomic E-state index is -2.01. The summed E-state index contributed by atoms with van der Waals surface area (Å²) in [6.45, 7) is 17.2. The number of hydrogen-bond acceptors (Lipinski definition) is 5. The molecule has 2 aliphatic rings. The van der Waals surface area contributed by atoms with Crippen LogP contribution in [0.4, 0.5) is 5.69 Å². The average Bonchev–Trinajstić information content (AvgIpc) is 2.72. The van der Waals surface area contributed by atoms with E-state index in [2.05, 4.69) is 58.7 Å². The monoisotopic (exact) mass is 448 g/mol. The second-order valence-electron chi connectivity index (χ2n) is 9.83. The van der Waals surface area contributed by atoms with E-state index in [1.807, 2.05) is 30.3 Å². The van der Waals surface area contributed by atoms with Crippen molar-refractivity contribution >= 4 is 35.9 Å². The maximum absolute atomic E-state index is 12.8. The first-order valence-corrected chi connectivity index (χ1v) is 14.2. The molecule has 0 spiro atoms. The number of anilines is 1. The van der Waals surface area contributed by atoms with Crippen molar-refractivity contribution in [2.45, 2.75) is 52.8 Å². The standard InChI is InChI=1S/C26H32N2O3Si/c1-8-28(9-2)17-10-13-21-23(14-17)30-24-16-22(29)19-12-11-18(15-20(19)25(24)27-21)31-32(6,7)26(3,4)5/h10-16H,8-9H2,1-7H3. The third-order valence-electron chi connectivity index (χ3n) is 6.71. The fourth-order valence-corrected chi connectivity index (χ4v) is 4.76. The summed E-state index contributed by atoms with van der Waals surface area (Å²) in [5, 5.41) is 1.47. The van der Waals surface area contributed by atoms with Gasteiger partial charge in [-0.2, -0.15) is 0 Å². The van der Waals surface area contributed by atoms with Crippen molar-refractivity contribution < 1.29 is 8.84 Å². The van der Waals surface area contributed by atoms with Gasteiger partial charge in [0.25, 0.3) is 0 Å². The zero-order chi connectivity index (χ0) is 23.3. The summed E-state index contributed by atoms with van der Waals surface area (Å²) in [6.07, 6.45) is 0. The van der Waals surface area contributed by atoms with Crippen LogP contribution in [-0.2, 0) is 0 Å². The summed E-state index contributed by atoms with van der Waals surface area (Å²) in [7, 11) is -2.01. The molecule has 0 saturated carbocycles. The highest BCUT2D eigenvalue weighted by molar-refractivity contribution is 6.74. The van der Waals surface area contributed by atoms with E-state index in [9.17, 15) is 4.79 Å². The lowest BCUT2D eigenvalue weighted by atomic mass is 10.0. The van der Waals surface area contributed by atoms with E-state index in [1.165, 1.54) is 0 Å². The normalized spacial score (nSPS) is 12.6. The Bertz CT molecular complexity index is 1320. The maximum Gasteiger partial charge on any atom is 0.250 e. The first kappa shape index (κ1) is 22.3. The number of nitrogens with zero attached hydrogens (tertiary/aromatic N) is 2. The predicted molar refractivity (Wildman–Crippen MR) is 136 cm³/mol. The van der Waals surface area contributed by atoms with Crippen LogP contribution in [0.25, 0.3) is 33.3 Å². The van der Waals surface area contributed by atoms with Gasteiger partial charge < -0.3 is 13.7 Å². The molecule has 0 aromatic heterocycles. The van der Waals surface area contributed by atoms with E-state index in [-0.39, 0.29) is 10.5 Å². The molecule has 0 N–H and O–H groups in total. The third-order valence-corrected chi connectivity index (χ3v) is 11.1.